The number of carbonyl (C=O) groups excluding carboxylic acids is 2. The van der Waals surface area contributed by atoms with Crippen molar-refractivity contribution in [2.24, 2.45) is 0 Å². The molecule has 0 unspecified atom stereocenters. The summed E-state index contributed by atoms with van der Waals surface area (Å²) in [5.74, 6) is -0.286. The number of ether oxygens (including phenoxy) is 2. The zero-order valence-electron chi connectivity index (χ0n) is 13.1. The van der Waals surface area contributed by atoms with Gasteiger partial charge in [-0.05, 0) is 30.7 Å². The van der Waals surface area contributed by atoms with Crippen LogP contribution < -0.4 is 4.74 Å². The summed E-state index contributed by atoms with van der Waals surface area (Å²) in [6.45, 7) is 1.91. The molecule has 0 heterocycles. The molecule has 2 aromatic rings. The second kappa shape index (κ2) is 7.94. The first-order valence-corrected chi connectivity index (χ1v) is 7.28. The second-order valence-corrected chi connectivity index (χ2v) is 4.75. The molecule has 2 aromatic carbocycles. The van der Waals surface area contributed by atoms with E-state index in [2.05, 4.69) is 0 Å². The predicted octanol–water partition coefficient (Wildman–Crippen LogP) is 3.52. The topological polar surface area (TPSA) is 52.6 Å². The summed E-state index contributed by atoms with van der Waals surface area (Å²) in [6.07, 6.45) is 1.53. The van der Waals surface area contributed by atoms with E-state index in [1.54, 1.807) is 62.6 Å². The lowest BCUT2D eigenvalue weighted by Crippen LogP contribution is -2.16. The average Bonchev–Trinajstić information content (AvgIpc) is 2.60. The summed E-state index contributed by atoms with van der Waals surface area (Å²) in [5.41, 5.74) is 1.17. The zero-order chi connectivity index (χ0) is 16.7. The summed E-state index contributed by atoms with van der Waals surface area (Å²) in [6, 6.07) is 15.7. The van der Waals surface area contributed by atoms with Crippen LogP contribution in [0.25, 0.3) is 6.08 Å². The summed E-state index contributed by atoms with van der Waals surface area (Å²) in [5, 5.41) is 0. The van der Waals surface area contributed by atoms with Gasteiger partial charge < -0.3 is 9.47 Å². The highest BCUT2D eigenvalue weighted by molar-refractivity contribution is 6.26. The van der Waals surface area contributed by atoms with E-state index < -0.39 is 5.97 Å². The third-order valence-electron chi connectivity index (χ3n) is 3.20. The molecule has 0 radical (unpaired) electrons. The standard InChI is InChI=1S/C19H18O4/c1-3-23-19(21)17(18(20)15-7-5-4-6-8-15)13-14-9-11-16(22-2)12-10-14/h4-13H,3H2,1-2H3. The van der Waals surface area contributed by atoms with Crippen molar-refractivity contribution in [3.05, 3.63) is 71.3 Å². The molecule has 0 aliphatic heterocycles. The minimum Gasteiger partial charge on any atom is -0.497 e. The Morgan fingerprint density at radius 1 is 1.00 bits per heavy atom. The zero-order valence-corrected chi connectivity index (χ0v) is 13.1. The van der Waals surface area contributed by atoms with Crippen molar-refractivity contribution < 1.29 is 19.1 Å². The average molecular weight is 310 g/mol. The maximum atomic E-state index is 12.6. The van der Waals surface area contributed by atoms with Gasteiger partial charge in [-0.25, -0.2) is 4.79 Å². The van der Waals surface area contributed by atoms with Crippen LogP contribution in [0.1, 0.15) is 22.8 Å². The number of ketones is 1. The Hall–Kier alpha value is -2.88. The molecule has 4 nitrogen and oxygen atoms in total. The van der Waals surface area contributed by atoms with Crippen LogP contribution in [0.2, 0.25) is 0 Å². The first-order chi connectivity index (χ1) is 11.2. The normalized spacial score (nSPS) is 11.0. The van der Waals surface area contributed by atoms with Crippen molar-refractivity contribution in [1.29, 1.82) is 0 Å². The van der Waals surface area contributed by atoms with Gasteiger partial charge in [-0.1, -0.05) is 42.5 Å². The Labute approximate surface area is 135 Å². The molecule has 23 heavy (non-hydrogen) atoms. The summed E-state index contributed by atoms with van der Waals surface area (Å²) < 4.78 is 10.1. The molecule has 0 aliphatic rings. The molecule has 0 fully saturated rings. The van der Waals surface area contributed by atoms with Gasteiger partial charge in [-0.3, -0.25) is 4.79 Å². The van der Waals surface area contributed by atoms with E-state index in [1.807, 2.05) is 6.07 Å². The number of hydrogen-bond acceptors (Lipinski definition) is 4. The predicted molar refractivity (Wildman–Crippen MR) is 88.4 cm³/mol. The van der Waals surface area contributed by atoms with Crippen LogP contribution in [0, 0.1) is 0 Å². The Kier molecular flexibility index (Phi) is 5.69. The molecule has 0 saturated carbocycles. The minimum atomic E-state index is -0.628. The van der Waals surface area contributed by atoms with E-state index in [-0.39, 0.29) is 18.0 Å². The van der Waals surface area contributed by atoms with E-state index >= 15 is 0 Å². The highest BCUT2D eigenvalue weighted by Gasteiger charge is 2.21. The molecule has 0 atom stereocenters. The number of hydrogen-bond donors (Lipinski definition) is 0. The highest BCUT2D eigenvalue weighted by Crippen LogP contribution is 2.17. The minimum absolute atomic E-state index is 0.00298. The Bertz CT molecular complexity index is 700. The fourth-order valence-corrected chi connectivity index (χ4v) is 2.04. The van der Waals surface area contributed by atoms with E-state index in [4.69, 9.17) is 9.47 Å². The summed E-state index contributed by atoms with van der Waals surface area (Å²) >= 11 is 0. The van der Waals surface area contributed by atoms with Crippen LogP contribution in [-0.2, 0) is 9.53 Å². The molecule has 2 rings (SSSR count). The molecule has 118 valence electrons. The van der Waals surface area contributed by atoms with Crippen LogP contribution in [0.15, 0.2) is 60.2 Å². The van der Waals surface area contributed by atoms with Crippen LogP contribution in [0.5, 0.6) is 5.75 Å². The SMILES string of the molecule is CCOC(=O)C(=Cc1ccc(OC)cc1)C(=O)c1ccccc1. The lowest BCUT2D eigenvalue weighted by Gasteiger charge is -2.07. The fourth-order valence-electron chi connectivity index (χ4n) is 2.04. The molecule has 0 spiro atoms. The first-order valence-electron chi connectivity index (χ1n) is 7.28. The fraction of sp³-hybridized carbons (Fsp3) is 0.158. The molecule has 0 aliphatic carbocycles. The van der Waals surface area contributed by atoms with Crippen LogP contribution in [-0.4, -0.2) is 25.5 Å². The Balaban J connectivity index is 2.38. The van der Waals surface area contributed by atoms with E-state index in [9.17, 15) is 9.59 Å². The van der Waals surface area contributed by atoms with Gasteiger partial charge in [0.05, 0.1) is 13.7 Å². The van der Waals surface area contributed by atoms with Gasteiger partial charge in [0.1, 0.15) is 11.3 Å². The van der Waals surface area contributed by atoms with E-state index in [0.29, 0.717) is 11.3 Å². The number of Topliss-reactive ketones (excluding diaryl/α,β-unsaturated/α-hetero) is 1. The first kappa shape index (κ1) is 16.5. The van der Waals surface area contributed by atoms with Gasteiger partial charge >= 0.3 is 5.97 Å². The largest absolute Gasteiger partial charge is 0.497 e. The van der Waals surface area contributed by atoms with Crippen molar-refractivity contribution >= 4 is 17.8 Å². The van der Waals surface area contributed by atoms with Crippen molar-refractivity contribution in [3.63, 3.8) is 0 Å². The third kappa shape index (κ3) is 4.30. The van der Waals surface area contributed by atoms with Gasteiger partial charge in [0, 0.05) is 5.56 Å². The van der Waals surface area contributed by atoms with Gasteiger partial charge in [0.25, 0.3) is 0 Å². The highest BCUT2D eigenvalue weighted by atomic mass is 16.5. The Morgan fingerprint density at radius 2 is 1.65 bits per heavy atom. The van der Waals surface area contributed by atoms with E-state index in [1.165, 1.54) is 6.08 Å². The lowest BCUT2D eigenvalue weighted by molar-refractivity contribution is -0.137. The molecular formula is C19H18O4. The van der Waals surface area contributed by atoms with Crippen LogP contribution >= 0.6 is 0 Å². The van der Waals surface area contributed by atoms with Gasteiger partial charge in [0.15, 0.2) is 5.78 Å². The van der Waals surface area contributed by atoms with Gasteiger partial charge in [0.2, 0.25) is 0 Å². The lowest BCUT2D eigenvalue weighted by atomic mass is 10.0. The molecule has 0 amide bonds. The number of rotatable bonds is 6. The maximum Gasteiger partial charge on any atom is 0.342 e. The number of esters is 1. The van der Waals surface area contributed by atoms with Crippen molar-refractivity contribution in [1.82, 2.24) is 0 Å². The number of benzene rings is 2. The third-order valence-corrected chi connectivity index (χ3v) is 3.20. The summed E-state index contributed by atoms with van der Waals surface area (Å²) in [4.78, 5) is 24.7. The smallest absolute Gasteiger partial charge is 0.342 e. The number of carbonyl (C=O) groups is 2. The monoisotopic (exact) mass is 310 g/mol. The van der Waals surface area contributed by atoms with Crippen molar-refractivity contribution in [2.45, 2.75) is 6.92 Å². The molecule has 4 heteroatoms. The van der Waals surface area contributed by atoms with Crippen molar-refractivity contribution in [2.75, 3.05) is 13.7 Å². The van der Waals surface area contributed by atoms with E-state index in [0.717, 1.165) is 5.56 Å². The summed E-state index contributed by atoms with van der Waals surface area (Å²) in [7, 11) is 1.58. The maximum absolute atomic E-state index is 12.6. The van der Waals surface area contributed by atoms with Gasteiger partial charge in [-0.2, -0.15) is 0 Å². The molecule has 0 N–H and O–H groups in total. The van der Waals surface area contributed by atoms with Gasteiger partial charge in [-0.15, -0.1) is 0 Å². The molecule has 0 aromatic heterocycles. The van der Waals surface area contributed by atoms with Crippen molar-refractivity contribution in [3.8, 4) is 5.75 Å². The quantitative estimate of drug-likeness (QED) is 0.269. The molecule has 0 bridgehead atoms. The van der Waals surface area contributed by atoms with Crippen LogP contribution in [0.3, 0.4) is 0 Å². The Morgan fingerprint density at radius 3 is 2.22 bits per heavy atom. The van der Waals surface area contributed by atoms with Crippen LogP contribution in [0.4, 0.5) is 0 Å². The second-order valence-electron chi connectivity index (χ2n) is 4.75. The number of methoxy groups -OCH3 is 1. The molecule has 0 saturated heterocycles. The molecular weight excluding hydrogens is 292 g/mol.